The molecule has 0 saturated heterocycles. The number of fused-ring (bicyclic) bond motifs is 1. The third kappa shape index (κ3) is 3.55. The monoisotopic (exact) mass is 419 g/mol. The average Bonchev–Trinajstić information content (AvgIpc) is 3.50. The molecule has 1 aromatic heterocycles. The molecule has 6 heteroatoms. The van der Waals surface area contributed by atoms with Gasteiger partial charge in [-0.25, -0.2) is 9.07 Å². The molecule has 5 nitrogen and oxygen atoms in total. The number of carbonyl (C=O) groups excluding carboxylic acids is 1. The summed E-state index contributed by atoms with van der Waals surface area (Å²) in [7, 11) is 0. The quantitative estimate of drug-likeness (QED) is 0.679. The van der Waals surface area contributed by atoms with Crippen LogP contribution in [0.3, 0.4) is 0 Å². The molecule has 160 valence electrons. The average molecular weight is 420 g/mol. The molecule has 2 aliphatic rings. The molecule has 0 radical (unpaired) electrons. The fourth-order valence-electron chi connectivity index (χ4n) is 4.98. The van der Waals surface area contributed by atoms with E-state index < -0.39 is 6.10 Å². The highest BCUT2D eigenvalue weighted by atomic mass is 19.1. The van der Waals surface area contributed by atoms with Crippen molar-refractivity contribution in [3.05, 3.63) is 82.4 Å². The van der Waals surface area contributed by atoms with Gasteiger partial charge in [0.15, 0.2) is 0 Å². The van der Waals surface area contributed by atoms with Crippen molar-refractivity contribution in [3.63, 3.8) is 0 Å². The number of aromatic nitrogens is 2. The third-order valence-corrected chi connectivity index (χ3v) is 6.67. The van der Waals surface area contributed by atoms with E-state index in [1.807, 2.05) is 17.0 Å². The molecule has 1 amide bonds. The largest absolute Gasteiger partial charge is 0.391 e. The van der Waals surface area contributed by atoms with Crippen LogP contribution in [-0.2, 0) is 19.4 Å². The molecule has 5 rings (SSSR count). The summed E-state index contributed by atoms with van der Waals surface area (Å²) < 4.78 is 16.5. The Morgan fingerprint density at radius 2 is 2.03 bits per heavy atom. The van der Waals surface area contributed by atoms with Gasteiger partial charge in [0.25, 0.3) is 5.91 Å². The Labute approximate surface area is 181 Å². The Bertz CT molecular complexity index is 1130. The van der Waals surface area contributed by atoms with E-state index in [-0.39, 0.29) is 17.8 Å². The van der Waals surface area contributed by atoms with Gasteiger partial charge in [-0.3, -0.25) is 4.79 Å². The van der Waals surface area contributed by atoms with Crippen LogP contribution in [0.15, 0.2) is 48.8 Å². The van der Waals surface area contributed by atoms with Crippen LogP contribution in [0.1, 0.15) is 58.8 Å². The maximum atomic E-state index is 14.9. The SMILES string of the molecule is CCc1cc2c(cc1Cc1ccc(-n3cccn3)cc1F)C(=O)N(C1CCCC1O)C2. The van der Waals surface area contributed by atoms with E-state index in [1.54, 1.807) is 29.2 Å². The van der Waals surface area contributed by atoms with Gasteiger partial charge < -0.3 is 10.0 Å². The number of amides is 1. The zero-order valence-electron chi connectivity index (χ0n) is 17.6. The lowest BCUT2D eigenvalue weighted by Gasteiger charge is -2.26. The minimum atomic E-state index is -0.439. The molecular formula is C25H26FN3O2. The molecule has 2 heterocycles. The summed E-state index contributed by atoms with van der Waals surface area (Å²) in [6.45, 7) is 2.63. The van der Waals surface area contributed by atoms with Crippen molar-refractivity contribution in [2.24, 2.45) is 0 Å². The van der Waals surface area contributed by atoms with Gasteiger partial charge in [-0.2, -0.15) is 5.10 Å². The van der Waals surface area contributed by atoms with Gasteiger partial charge in [-0.1, -0.05) is 19.1 Å². The van der Waals surface area contributed by atoms with Gasteiger partial charge in [0.05, 0.1) is 17.8 Å². The van der Waals surface area contributed by atoms with E-state index in [1.165, 1.54) is 6.07 Å². The Kier molecular flexibility index (Phi) is 5.10. The second kappa shape index (κ2) is 7.93. The second-order valence-corrected chi connectivity index (χ2v) is 8.53. The number of carbonyl (C=O) groups is 1. The summed E-state index contributed by atoms with van der Waals surface area (Å²) in [6, 6.07) is 10.9. The molecule has 2 aromatic carbocycles. The van der Waals surface area contributed by atoms with Crippen molar-refractivity contribution in [2.75, 3.05) is 0 Å². The van der Waals surface area contributed by atoms with Crippen LogP contribution in [0.4, 0.5) is 4.39 Å². The number of aliphatic hydroxyl groups is 1. The number of aliphatic hydroxyl groups excluding tert-OH is 1. The standard InChI is InChI=1S/C25H26FN3O2/c1-2-16-11-19-15-28(23-5-3-6-24(23)30)25(31)21(19)13-18(16)12-17-7-8-20(14-22(17)26)29-10-4-9-27-29/h4,7-11,13-14,23-24,30H,2-3,5-6,12,15H2,1H3. The summed E-state index contributed by atoms with van der Waals surface area (Å²) >= 11 is 0. The number of halogens is 1. The highest BCUT2D eigenvalue weighted by Crippen LogP contribution is 2.34. The molecule has 2 atom stereocenters. The smallest absolute Gasteiger partial charge is 0.254 e. The first-order valence-electron chi connectivity index (χ1n) is 11.0. The lowest BCUT2D eigenvalue weighted by Crippen LogP contribution is -2.40. The highest BCUT2D eigenvalue weighted by molar-refractivity contribution is 5.99. The molecule has 1 fully saturated rings. The van der Waals surface area contributed by atoms with Gasteiger partial charge in [0.1, 0.15) is 5.82 Å². The van der Waals surface area contributed by atoms with E-state index in [0.717, 1.165) is 42.4 Å². The van der Waals surface area contributed by atoms with E-state index in [4.69, 9.17) is 0 Å². The lowest BCUT2D eigenvalue weighted by molar-refractivity contribution is 0.0479. The Morgan fingerprint density at radius 1 is 1.16 bits per heavy atom. The molecule has 31 heavy (non-hydrogen) atoms. The summed E-state index contributed by atoms with van der Waals surface area (Å²) in [6.07, 6.45) is 6.80. The minimum absolute atomic E-state index is 0.0145. The van der Waals surface area contributed by atoms with E-state index >= 15 is 0 Å². The van der Waals surface area contributed by atoms with Gasteiger partial charge >= 0.3 is 0 Å². The van der Waals surface area contributed by atoms with Gasteiger partial charge in [-0.05, 0) is 72.2 Å². The number of hydrogen-bond donors (Lipinski definition) is 1. The molecule has 1 aliphatic carbocycles. The van der Waals surface area contributed by atoms with Crippen molar-refractivity contribution in [3.8, 4) is 5.69 Å². The Hall–Kier alpha value is -2.99. The molecule has 1 saturated carbocycles. The number of nitrogens with zero attached hydrogens (tertiary/aromatic N) is 3. The van der Waals surface area contributed by atoms with Gasteiger partial charge in [0.2, 0.25) is 0 Å². The van der Waals surface area contributed by atoms with Crippen LogP contribution in [0.25, 0.3) is 5.69 Å². The Morgan fingerprint density at radius 3 is 2.71 bits per heavy atom. The summed E-state index contributed by atoms with van der Waals surface area (Å²) in [5.74, 6) is -0.295. The van der Waals surface area contributed by atoms with E-state index in [2.05, 4.69) is 18.1 Å². The number of aryl methyl sites for hydroxylation is 1. The Balaban J connectivity index is 1.44. The van der Waals surface area contributed by atoms with Crippen LogP contribution >= 0.6 is 0 Å². The first kappa shape index (κ1) is 19.9. The fourth-order valence-corrected chi connectivity index (χ4v) is 4.98. The van der Waals surface area contributed by atoms with Crippen LogP contribution in [-0.4, -0.2) is 37.8 Å². The van der Waals surface area contributed by atoms with Crippen LogP contribution in [0, 0.1) is 5.82 Å². The predicted molar refractivity (Wildman–Crippen MR) is 116 cm³/mol. The summed E-state index contributed by atoms with van der Waals surface area (Å²) in [5, 5.41) is 14.4. The van der Waals surface area contributed by atoms with Crippen molar-refractivity contribution in [1.82, 2.24) is 14.7 Å². The normalized spacial score (nSPS) is 20.5. The zero-order valence-corrected chi connectivity index (χ0v) is 17.6. The first-order chi connectivity index (χ1) is 15.0. The molecule has 1 N–H and O–H groups in total. The maximum Gasteiger partial charge on any atom is 0.254 e. The lowest BCUT2D eigenvalue weighted by atomic mass is 9.93. The van der Waals surface area contributed by atoms with E-state index in [9.17, 15) is 14.3 Å². The topological polar surface area (TPSA) is 58.4 Å². The predicted octanol–water partition coefficient (Wildman–Crippen LogP) is 4.03. The van der Waals surface area contributed by atoms with Crippen molar-refractivity contribution >= 4 is 5.91 Å². The van der Waals surface area contributed by atoms with Crippen molar-refractivity contribution < 1.29 is 14.3 Å². The third-order valence-electron chi connectivity index (χ3n) is 6.67. The van der Waals surface area contributed by atoms with Crippen molar-refractivity contribution in [1.29, 1.82) is 0 Å². The van der Waals surface area contributed by atoms with E-state index in [0.29, 0.717) is 29.8 Å². The minimum Gasteiger partial charge on any atom is -0.391 e. The second-order valence-electron chi connectivity index (χ2n) is 8.53. The highest BCUT2D eigenvalue weighted by Gasteiger charge is 2.38. The fraction of sp³-hybridized carbons (Fsp3) is 0.360. The number of benzene rings is 2. The van der Waals surface area contributed by atoms with Crippen LogP contribution in [0.2, 0.25) is 0 Å². The molecule has 2 unspecified atom stereocenters. The molecule has 0 bridgehead atoms. The maximum absolute atomic E-state index is 14.9. The zero-order chi connectivity index (χ0) is 21.5. The molecule has 3 aromatic rings. The van der Waals surface area contributed by atoms with Crippen LogP contribution in [0.5, 0.6) is 0 Å². The molecular weight excluding hydrogens is 393 g/mol. The van der Waals surface area contributed by atoms with Gasteiger partial charge in [0, 0.05) is 30.9 Å². The van der Waals surface area contributed by atoms with Gasteiger partial charge in [-0.15, -0.1) is 0 Å². The van der Waals surface area contributed by atoms with Crippen molar-refractivity contribution in [2.45, 2.75) is 57.7 Å². The number of rotatable bonds is 5. The molecule has 0 spiro atoms. The number of hydrogen-bond acceptors (Lipinski definition) is 3. The summed E-state index contributed by atoms with van der Waals surface area (Å²) in [4.78, 5) is 14.9. The summed E-state index contributed by atoms with van der Waals surface area (Å²) in [5.41, 5.74) is 5.10. The first-order valence-corrected chi connectivity index (χ1v) is 11.0. The molecule has 1 aliphatic heterocycles. The van der Waals surface area contributed by atoms with Crippen LogP contribution < -0.4 is 0 Å².